The molecule has 1 aliphatic rings. The Balaban J connectivity index is 1.51. The number of nitrogens with zero attached hydrogens (tertiary/aromatic N) is 1. The number of carbonyl (C=O) groups excluding carboxylic acids is 1. The van der Waals surface area contributed by atoms with Crippen LogP contribution >= 0.6 is 0 Å². The third-order valence-corrected chi connectivity index (χ3v) is 6.03. The maximum atomic E-state index is 12.9. The van der Waals surface area contributed by atoms with Crippen LogP contribution < -0.4 is 10.1 Å². The number of ether oxygens (including phenoxy) is 1. The van der Waals surface area contributed by atoms with Gasteiger partial charge in [0.15, 0.2) is 0 Å². The molecule has 0 atom stereocenters. The number of nitrogens with one attached hydrogen (secondary N) is 1. The standard InChI is InChI=1S/C28H30N2O2/c1-20(2)30-17-15-23(16-18-30)26-19-25(13-14-27(26)32-3)29-28(31)24-11-9-22(10-12-24)21-7-5-4-6-8-21/h4-15,19-20H,16-18H2,1-3H3,(H,29,31). The molecule has 0 fully saturated rings. The van der Waals surface area contributed by atoms with Gasteiger partial charge in [0.05, 0.1) is 7.11 Å². The minimum Gasteiger partial charge on any atom is -0.496 e. The lowest BCUT2D eigenvalue weighted by molar-refractivity contribution is 0.102. The first-order valence-electron chi connectivity index (χ1n) is 11.1. The Labute approximate surface area is 190 Å². The molecule has 0 saturated heterocycles. The molecule has 1 amide bonds. The summed E-state index contributed by atoms with van der Waals surface area (Å²) in [7, 11) is 1.69. The zero-order valence-corrected chi connectivity index (χ0v) is 19.0. The maximum Gasteiger partial charge on any atom is 0.255 e. The molecule has 3 aromatic carbocycles. The highest BCUT2D eigenvalue weighted by atomic mass is 16.5. The summed E-state index contributed by atoms with van der Waals surface area (Å²) in [6.45, 7) is 6.40. The zero-order chi connectivity index (χ0) is 22.5. The Kier molecular flexibility index (Phi) is 6.72. The first-order valence-corrected chi connectivity index (χ1v) is 11.1. The summed E-state index contributed by atoms with van der Waals surface area (Å²) in [4.78, 5) is 15.3. The fourth-order valence-corrected chi connectivity index (χ4v) is 4.08. The minimum absolute atomic E-state index is 0.121. The molecule has 0 bridgehead atoms. The second-order valence-corrected chi connectivity index (χ2v) is 8.38. The molecule has 4 heteroatoms. The molecule has 4 rings (SSSR count). The molecule has 32 heavy (non-hydrogen) atoms. The summed E-state index contributed by atoms with van der Waals surface area (Å²) >= 11 is 0. The van der Waals surface area contributed by atoms with Crippen LogP contribution in [0.2, 0.25) is 0 Å². The van der Waals surface area contributed by atoms with E-state index in [1.165, 1.54) is 5.57 Å². The average molecular weight is 427 g/mol. The van der Waals surface area contributed by atoms with E-state index in [9.17, 15) is 4.79 Å². The lowest BCUT2D eigenvalue weighted by Gasteiger charge is -2.30. The largest absolute Gasteiger partial charge is 0.496 e. The predicted molar refractivity (Wildman–Crippen MR) is 132 cm³/mol. The molecular weight excluding hydrogens is 396 g/mol. The van der Waals surface area contributed by atoms with Crippen molar-refractivity contribution < 1.29 is 9.53 Å². The van der Waals surface area contributed by atoms with Crippen molar-refractivity contribution in [1.82, 2.24) is 4.90 Å². The van der Waals surface area contributed by atoms with E-state index in [1.807, 2.05) is 60.7 Å². The van der Waals surface area contributed by atoms with E-state index in [2.05, 4.69) is 42.3 Å². The van der Waals surface area contributed by atoms with Gasteiger partial charge in [-0.2, -0.15) is 0 Å². The van der Waals surface area contributed by atoms with Gasteiger partial charge in [-0.25, -0.2) is 0 Å². The number of hydrogen-bond donors (Lipinski definition) is 1. The molecule has 1 aliphatic heterocycles. The van der Waals surface area contributed by atoms with Crippen molar-refractivity contribution >= 4 is 17.2 Å². The fourth-order valence-electron chi connectivity index (χ4n) is 4.08. The van der Waals surface area contributed by atoms with Crippen molar-refractivity contribution in [2.45, 2.75) is 26.3 Å². The highest BCUT2D eigenvalue weighted by Crippen LogP contribution is 2.33. The molecule has 3 aromatic rings. The van der Waals surface area contributed by atoms with Gasteiger partial charge in [0, 0.05) is 35.9 Å². The van der Waals surface area contributed by atoms with Crippen LogP contribution in [0, 0.1) is 0 Å². The van der Waals surface area contributed by atoms with Crippen molar-refractivity contribution in [3.05, 3.63) is 90.0 Å². The molecule has 0 radical (unpaired) electrons. The molecule has 0 aliphatic carbocycles. The van der Waals surface area contributed by atoms with Crippen LogP contribution in [0.5, 0.6) is 5.75 Å². The lowest BCUT2D eigenvalue weighted by atomic mass is 9.97. The fraction of sp³-hybridized carbons (Fsp3) is 0.250. The molecule has 0 spiro atoms. The zero-order valence-electron chi connectivity index (χ0n) is 19.0. The number of methoxy groups -OCH3 is 1. The summed E-state index contributed by atoms with van der Waals surface area (Å²) in [5, 5.41) is 3.04. The van der Waals surface area contributed by atoms with E-state index in [0.717, 1.165) is 47.6 Å². The third-order valence-electron chi connectivity index (χ3n) is 6.03. The molecule has 0 aromatic heterocycles. The van der Waals surface area contributed by atoms with Gasteiger partial charge in [-0.15, -0.1) is 0 Å². The molecule has 1 heterocycles. The quantitative estimate of drug-likeness (QED) is 0.517. The van der Waals surface area contributed by atoms with E-state index in [4.69, 9.17) is 4.74 Å². The van der Waals surface area contributed by atoms with E-state index >= 15 is 0 Å². The van der Waals surface area contributed by atoms with Gasteiger partial charge in [-0.05, 0) is 67.3 Å². The summed E-state index contributed by atoms with van der Waals surface area (Å²) in [5.74, 6) is 0.712. The Morgan fingerprint density at radius 3 is 2.31 bits per heavy atom. The predicted octanol–water partition coefficient (Wildman–Crippen LogP) is 6.11. The average Bonchev–Trinajstić information content (AvgIpc) is 2.84. The molecular formula is C28H30N2O2. The topological polar surface area (TPSA) is 41.6 Å². The molecule has 4 nitrogen and oxygen atoms in total. The van der Waals surface area contributed by atoms with Crippen LogP contribution in [0.3, 0.4) is 0 Å². The smallest absolute Gasteiger partial charge is 0.255 e. The second-order valence-electron chi connectivity index (χ2n) is 8.38. The van der Waals surface area contributed by atoms with Crippen molar-refractivity contribution in [2.75, 3.05) is 25.5 Å². The first kappa shape index (κ1) is 21.8. The maximum absolute atomic E-state index is 12.9. The SMILES string of the molecule is COc1ccc(NC(=O)c2ccc(-c3ccccc3)cc2)cc1C1=CCN(C(C)C)CC1. The number of rotatable bonds is 6. The Morgan fingerprint density at radius 1 is 0.969 bits per heavy atom. The Hall–Kier alpha value is -3.37. The highest BCUT2D eigenvalue weighted by Gasteiger charge is 2.18. The number of anilines is 1. The van der Waals surface area contributed by atoms with Crippen molar-refractivity contribution in [1.29, 1.82) is 0 Å². The van der Waals surface area contributed by atoms with E-state index < -0.39 is 0 Å². The summed E-state index contributed by atoms with van der Waals surface area (Å²) in [6, 6.07) is 24.2. The van der Waals surface area contributed by atoms with Crippen LogP contribution in [0.4, 0.5) is 5.69 Å². The number of carbonyl (C=O) groups is 1. The Bertz CT molecular complexity index is 1100. The van der Waals surface area contributed by atoms with Crippen LogP contribution in [-0.4, -0.2) is 37.0 Å². The van der Waals surface area contributed by atoms with E-state index in [-0.39, 0.29) is 5.91 Å². The van der Waals surface area contributed by atoms with Crippen LogP contribution in [0.25, 0.3) is 16.7 Å². The van der Waals surface area contributed by atoms with Gasteiger partial charge >= 0.3 is 0 Å². The third kappa shape index (κ3) is 4.92. The second kappa shape index (κ2) is 9.84. The molecule has 1 N–H and O–H groups in total. The van der Waals surface area contributed by atoms with Crippen molar-refractivity contribution in [3.8, 4) is 16.9 Å². The minimum atomic E-state index is -0.121. The monoisotopic (exact) mass is 426 g/mol. The van der Waals surface area contributed by atoms with E-state index in [0.29, 0.717) is 11.6 Å². The number of hydrogen-bond acceptors (Lipinski definition) is 3. The number of benzene rings is 3. The summed E-state index contributed by atoms with van der Waals surface area (Å²) in [6.07, 6.45) is 3.24. The van der Waals surface area contributed by atoms with Crippen molar-refractivity contribution in [3.63, 3.8) is 0 Å². The van der Waals surface area contributed by atoms with Gasteiger partial charge in [0.25, 0.3) is 5.91 Å². The van der Waals surface area contributed by atoms with Gasteiger partial charge in [0.2, 0.25) is 0 Å². The normalized spacial score (nSPS) is 14.2. The summed E-state index contributed by atoms with van der Waals surface area (Å²) in [5.41, 5.74) is 5.94. The van der Waals surface area contributed by atoms with Crippen LogP contribution in [0.1, 0.15) is 36.2 Å². The molecule has 164 valence electrons. The van der Waals surface area contributed by atoms with Gasteiger partial charge in [0.1, 0.15) is 5.75 Å². The van der Waals surface area contributed by atoms with Gasteiger partial charge in [-0.1, -0.05) is 48.5 Å². The summed E-state index contributed by atoms with van der Waals surface area (Å²) < 4.78 is 5.61. The molecule has 0 unspecified atom stereocenters. The van der Waals surface area contributed by atoms with Gasteiger partial charge < -0.3 is 10.1 Å². The first-order chi connectivity index (χ1) is 15.5. The lowest BCUT2D eigenvalue weighted by Crippen LogP contribution is -2.34. The van der Waals surface area contributed by atoms with Crippen LogP contribution in [0.15, 0.2) is 78.9 Å². The number of amides is 1. The molecule has 0 saturated carbocycles. The van der Waals surface area contributed by atoms with E-state index in [1.54, 1.807) is 7.11 Å². The van der Waals surface area contributed by atoms with Crippen molar-refractivity contribution in [2.24, 2.45) is 0 Å². The van der Waals surface area contributed by atoms with Gasteiger partial charge in [-0.3, -0.25) is 9.69 Å². The highest BCUT2D eigenvalue weighted by molar-refractivity contribution is 6.04. The Morgan fingerprint density at radius 2 is 1.69 bits per heavy atom. The van der Waals surface area contributed by atoms with Crippen LogP contribution in [-0.2, 0) is 0 Å².